The van der Waals surface area contributed by atoms with Gasteiger partial charge in [-0.2, -0.15) is 0 Å². The van der Waals surface area contributed by atoms with Crippen LogP contribution in [0.1, 0.15) is 21.6 Å². The van der Waals surface area contributed by atoms with Gasteiger partial charge in [-0.1, -0.05) is 82.3 Å². The first-order valence-corrected chi connectivity index (χ1v) is 10.6. The number of hydrogen-bond donors (Lipinski definition) is 0. The van der Waals surface area contributed by atoms with Crippen LogP contribution in [-0.4, -0.2) is 51.1 Å². The molecule has 2 aromatic rings. The molecule has 0 saturated heterocycles. The molecule has 0 aliphatic carbocycles. The molecular formula is C20H28N2S2. The highest BCUT2D eigenvalue weighted by Gasteiger charge is 2.19. The van der Waals surface area contributed by atoms with Gasteiger partial charge < -0.3 is 9.80 Å². The van der Waals surface area contributed by atoms with E-state index in [4.69, 9.17) is 0 Å². The largest absolute Gasteiger partial charge is 0.308 e. The molecule has 2 rings (SSSR count). The highest BCUT2D eigenvalue weighted by molar-refractivity contribution is 8.76. The molecule has 2 atom stereocenters. The number of hydrogen-bond acceptors (Lipinski definition) is 4. The normalized spacial score (nSPS) is 14.1. The monoisotopic (exact) mass is 360 g/mol. The van der Waals surface area contributed by atoms with Crippen LogP contribution in [-0.2, 0) is 0 Å². The molecule has 0 fully saturated rings. The van der Waals surface area contributed by atoms with Gasteiger partial charge in [0.1, 0.15) is 0 Å². The van der Waals surface area contributed by atoms with Gasteiger partial charge in [0.25, 0.3) is 0 Å². The molecule has 0 aliphatic rings. The molecule has 2 nitrogen and oxygen atoms in total. The van der Waals surface area contributed by atoms with Crippen LogP contribution in [0.3, 0.4) is 0 Å². The summed E-state index contributed by atoms with van der Waals surface area (Å²) in [5.74, 6) is 0. The molecular weight excluding hydrogens is 332 g/mol. The smallest absolute Gasteiger partial charge is 0.0528 e. The van der Waals surface area contributed by atoms with Crippen LogP contribution in [0.15, 0.2) is 60.7 Å². The summed E-state index contributed by atoms with van der Waals surface area (Å²) in [6.07, 6.45) is 0. The molecule has 0 heterocycles. The predicted molar refractivity (Wildman–Crippen MR) is 111 cm³/mol. The average molecular weight is 361 g/mol. The summed E-state index contributed by atoms with van der Waals surface area (Å²) < 4.78 is 0. The molecule has 0 radical (unpaired) electrons. The minimum absolute atomic E-state index is 0.472. The van der Waals surface area contributed by atoms with Crippen LogP contribution in [0.25, 0.3) is 0 Å². The van der Waals surface area contributed by atoms with E-state index in [1.165, 1.54) is 11.1 Å². The van der Waals surface area contributed by atoms with Crippen LogP contribution < -0.4 is 0 Å². The lowest BCUT2D eigenvalue weighted by Crippen LogP contribution is -2.20. The molecule has 0 bridgehead atoms. The maximum atomic E-state index is 2.27. The van der Waals surface area contributed by atoms with Gasteiger partial charge in [0.2, 0.25) is 0 Å². The minimum atomic E-state index is 0.472. The molecule has 0 N–H and O–H groups in total. The first-order chi connectivity index (χ1) is 11.6. The van der Waals surface area contributed by atoms with E-state index in [9.17, 15) is 0 Å². The Morgan fingerprint density at radius 2 is 0.958 bits per heavy atom. The van der Waals surface area contributed by atoms with Crippen LogP contribution in [0.4, 0.5) is 0 Å². The zero-order valence-electron chi connectivity index (χ0n) is 15.1. The lowest BCUT2D eigenvalue weighted by atomic mass is 10.1. The van der Waals surface area contributed by atoms with Crippen LogP contribution in [0.2, 0.25) is 0 Å². The minimum Gasteiger partial charge on any atom is -0.308 e. The molecule has 2 unspecified atom stereocenters. The van der Waals surface area contributed by atoms with Gasteiger partial charge in [0.05, 0.1) is 10.5 Å². The van der Waals surface area contributed by atoms with Gasteiger partial charge in [-0.05, 0) is 39.3 Å². The van der Waals surface area contributed by atoms with E-state index in [1.807, 2.05) is 21.6 Å². The zero-order chi connectivity index (χ0) is 17.4. The van der Waals surface area contributed by atoms with Crippen LogP contribution >= 0.6 is 21.6 Å². The van der Waals surface area contributed by atoms with Crippen molar-refractivity contribution in [2.24, 2.45) is 0 Å². The summed E-state index contributed by atoms with van der Waals surface area (Å²) in [4.78, 5) is 4.55. The molecule has 4 heteroatoms. The topological polar surface area (TPSA) is 6.48 Å². The lowest BCUT2D eigenvalue weighted by Gasteiger charge is -2.25. The Hall–Kier alpha value is -0.940. The van der Waals surface area contributed by atoms with Crippen molar-refractivity contribution in [3.63, 3.8) is 0 Å². The Morgan fingerprint density at radius 1 is 0.625 bits per heavy atom. The Bertz CT molecular complexity index is 519. The summed E-state index contributed by atoms with van der Waals surface area (Å²) in [5.41, 5.74) is 2.81. The van der Waals surface area contributed by atoms with E-state index in [0.29, 0.717) is 10.5 Å². The van der Waals surface area contributed by atoms with Gasteiger partial charge in [-0.25, -0.2) is 0 Å². The lowest BCUT2D eigenvalue weighted by molar-refractivity contribution is 0.409. The third kappa shape index (κ3) is 6.52. The van der Waals surface area contributed by atoms with Gasteiger partial charge in [-0.3, -0.25) is 0 Å². The fourth-order valence-electron chi connectivity index (χ4n) is 2.52. The number of nitrogens with zero attached hydrogens (tertiary/aromatic N) is 2. The van der Waals surface area contributed by atoms with E-state index in [1.54, 1.807) is 0 Å². The van der Waals surface area contributed by atoms with Gasteiger partial charge in [0.15, 0.2) is 0 Å². The molecule has 130 valence electrons. The van der Waals surface area contributed by atoms with E-state index < -0.39 is 0 Å². The highest BCUT2D eigenvalue weighted by Crippen LogP contribution is 2.46. The van der Waals surface area contributed by atoms with Crippen molar-refractivity contribution in [1.82, 2.24) is 9.80 Å². The number of benzene rings is 2. The fraction of sp³-hybridized carbons (Fsp3) is 0.400. The second-order valence-electron chi connectivity index (χ2n) is 6.52. The van der Waals surface area contributed by atoms with Crippen molar-refractivity contribution in [2.75, 3.05) is 41.3 Å². The Morgan fingerprint density at radius 3 is 1.25 bits per heavy atom. The predicted octanol–water partition coefficient (Wildman–Crippen LogP) is 4.97. The summed E-state index contributed by atoms with van der Waals surface area (Å²) in [7, 11) is 12.6. The maximum absolute atomic E-state index is 2.27. The fourth-order valence-corrected chi connectivity index (χ4v) is 5.87. The average Bonchev–Trinajstić information content (AvgIpc) is 2.58. The maximum Gasteiger partial charge on any atom is 0.0528 e. The van der Waals surface area contributed by atoms with E-state index in [0.717, 1.165) is 13.1 Å². The van der Waals surface area contributed by atoms with Gasteiger partial charge in [-0.15, -0.1) is 0 Å². The van der Waals surface area contributed by atoms with E-state index in [2.05, 4.69) is 98.7 Å². The second-order valence-corrected chi connectivity index (χ2v) is 9.19. The Kier molecular flexibility index (Phi) is 8.19. The van der Waals surface area contributed by atoms with Gasteiger partial charge in [0, 0.05) is 13.1 Å². The number of likely N-dealkylation sites (N-methyl/N-ethyl adjacent to an activating group) is 2. The highest BCUT2D eigenvalue weighted by atomic mass is 33.1. The Labute approximate surface area is 155 Å². The first-order valence-electron chi connectivity index (χ1n) is 8.27. The molecule has 2 aromatic carbocycles. The van der Waals surface area contributed by atoms with E-state index >= 15 is 0 Å². The van der Waals surface area contributed by atoms with Crippen LogP contribution in [0.5, 0.6) is 0 Å². The molecule has 0 aromatic heterocycles. The van der Waals surface area contributed by atoms with Gasteiger partial charge >= 0.3 is 0 Å². The van der Waals surface area contributed by atoms with E-state index in [-0.39, 0.29) is 0 Å². The summed E-state index contributed by atoms with van der Waals surface area (Å²) in [5, 5.41) is 0.944. The molecule has 0 saturated carbocycles. The molecule has 0 spiro atoms. The van der Waals surface area contributed by atoms with Crippen molar-refractivity contribution in [2.45, 2.75) is 10.5 Å². The molecule has 0 amide bonds. The zero-order valence-corrected chi connectivity index (χ0v) is 16.7. The third-order valence-corrected chi connectivity index (χ3v) is 6.84. The molecule has 24 heavy (non-hydrogen) atoms. The van der Waals surface area contributed by atoms with Crippen molar-refractivity contribution in [1.29, 1.82) is 0 Å². The van der Waals surface area contributed by atoms with Crippen LogP contribution in [0, 0.1) is 0 Å². The third-order valence-electron chi connectivity index (χ3n) is 3.69. The Balaban J connectivity index is 2.09. The standard InChI is InChI=1S/C20H28N2S2/c1-21(2)15-19(17-11-7-5-8-12-17)23-24-20(16-22(3)4)18-13-9-6-10-14-18/h5-14,19-20H,15-16H2,1-4H3. The SMILES string of the molecule is CN(C)CC(SSC(CN(C)C)c1ccccc1)c1ccccc1. The summed E-state index contributed by atoms with van der Waals surface area (Å²) in [6, 6.07) is 21.7. The van der Waals surface area contributed by atoms with Crippen molar-refractivity contribution < 1.29 is 0 Å². The second kappa shape index (κ2) is 10.1. The quantitative estimate of drug-likeness (QED) is 0.582. The summed E-state index contributed by atoms with van der Waals surface area (Å²) >= 11 is 0. The van der Waals surface area contributed by atoms with Crippen molar-refractivity contribution in [3.8, 4) is 0 Å². The van der Waals surface area contributed by atoms with Crippen molar-refractivity contribution in [3.05, 3.63) is 71.8 Å². The first kappa shape index (κ1) is 19.4. The summed E-state index contributed by atoms with van der Waals surface area (Å²) in [6.45, 7) is 2.09. The van der Waals surface area contributed by atoms with Crippen molar-refractivity contribution >= 4 is 21.6 Å². The number of rotatable bonds is 9. The molecule has 0 aliphatic heterocycles.